The number of carbonyl (C=O) groups is 2. The third-order valence-electron chi connectivity index (χ3n) is 3.84. The molecular formula is C11H18N2O3. The fourth-order valence-corrected chi connectivity index (χ4v) is 2.01. The summed E-state index contributed by atoms with van der Waals surface area (Å²) in [5, 5.41) is 11.6. The average molecular weight is 226 g/mol. The van der Waals surface area contributed by atoms with Crippen LogP contribution in [0.3, 0.4) is 0 Å². The van der Waals surface area contributed by atoms with Crippen molar-refractivity contribution in [2.75, 3.05) is 19.6 Å². The average Bonchev–Trinajstić information content (AvgIpc) is 2.92. The third kappa shape index (κ3) is 2.13. The molecule has 0 spiro atoms. The molecule has 1 aliphatic carbocycles. The number of rotatable bonds is 4. The molecule has 0 bridgehead atoms. The van der Waals surface area contributed by atoms with Gasteiger partial charge in [0.1, 0.15) is 0 Å². The molecule has 1 heterocycles. The number of amides is 2. The Morgan fingerprint density at radius 3 is 2.50 bits per heavy atom. The Morgan fingerprint density at radius 1 is 1.44 bits per heavy atom. The number of carbonyl (C=O) groups excluding carboxylic acids is 1. The topological polar surface area (TPSA) is 69.6 Å². The number of carboxylic acid groups (broad SMARTS) is 1. The van der Waals surface area contributed by atoms with Crippen LogP contribution in [0.25, 0.3) is 0 Å². The molecule has 2 fully saturated rings. The lowest BCUT2D eigenvalue weighted by Gasteiger charge is -2.36. The molecule has 1 saturated carbocycles. The van der Waals surface area contributed by atoms with Gasteiger partial charge in [0.15, 0.2) is 0 Å². The van der Waals surface area contributed by atoms with E-state index in [-0.39, 0.29) is 11.9 Å². The number of hydrogen-bond acceptors (Lipinski definition) is 2. The van der Waals surface area contributed by atoms with E-state index in [0.29, 0.717) is 18.5 Å². The van der Waals surface area contributed by atoms with Crippen LogP contribution in [0.1, 0.15) is 26.2 Å². The highest BCUT2D eigenvalue weighted by molar-refractivity contribution is 5.79. The summed E-state index contributed by atoms with van der Waals surface area (Å²) < 4.78 is 0. The molecule has 2 N–H and O–H groups in total. The zero-order valence-corrected chi connectivity index (χ0v) is 9.53. The Kier molecular flexibility index (Phi) is 2.78. The van der Waals surface area contributed by atoms with Crippen molar-refractivity contribution in [3.8, 4) is 0 Å². The Bertz CT molecular complexity index is 306. The van der Waals surface area contributed by atoms with Gasteiger partial charge in [0.25, 0.3) is 0 Å². The van der Waals surface area contributed by atoms with Crippen molar-refractivity contribution in [3.63, 3.8) is 0 Å². The molecule has 0 atom stereocenters. The Morgan fingerprint density at radius 2 is 2.06 bits per heavy atom. The minimum Gasteiger partial charge on any atom is -0.481 e. The monoisotopic (exact) mass is 226 g/mol. The van der Waals surface area contributed by atoms with Gasteiger partial charge in [-0.05, 0) is 24.7 Å². The van der Waals surface area contributed by atoms with Crippen LogP contribution in [-0.4, -0.2) is 41.6 Å². The minimum absolute atomic E-state index is 0.114. The molecule has 16 heavy (non-hydrogen) atoms. The van der Waals surface area contributed by atoms with Crippen molar-refractivity contribution >= 4 is 12.0 Å². The van der Waals surface area contributed by atoms with Gasteiger partial charge in [-0.1, -0.05) is 6.92 Å². The molecule has 0 unspecified atom stereocenters. The van der Waals surface area contributed by atoms with Crippen molar-refractivity contribution < 1.29 is 14.7 Å². The summed E-state index contributed by atoms with van der Waals surface area (Å²) >= 11 is 0. The standard InChI is InChI=1S/C11H18N2O3/c1-2-11(3-4-11)7-12-10(16)13-5-8(6-13)9(14)15/h8H,2-7H2,1H3,(H,12,16)(H,14,15). The zero-order valence-electron chi connectivity index (χ0n) is 9.53. The number of carboxylic acids is 1. The van der Waals surface area contributed by atoms with E-state index in [1.54, 1.807) is 4.90 Å². The van der Waals surface area contributed by atoms with Gasteiger partial charge in [-0.15, -0.1) is 0 Å². The molecule has 5 heteroatoms. The van der Waals surface area contributed by atoms with Crippen LogP contribution < -0.4 is 5.32 Å². The Hall–Kier alpha value is -1.26. The van der Waals surface area contributed by atoms with Crippen molar-refractivity contribution in [3.05, 3.63) is 0 Å². The van der Waals surface area contributed by atoms with E-state index >= 15 is 0 Å². The maximum atomic E-state index is 11.6. The summed E-state index contributed by atoms with van der Waals surface area (Å²) in [7, 11) is 0. The van der Waals surface area contributed by atoms with Gasteiger partial charge in [-0.25, -0.2) is 4.79 Å². The first kappa shape index (κ1) is 11.2. The first-order valence-corrected chi connectivity index (χ1v) is 5.82. The number of nitrogens with zero attached hydrogens (tertiary/aromatic N) is 1. The summed E-state index contributed by atoms with van der Waals surface area (Å²) in [5.74, 6) is -1.18. The number of likely N-dealkylation sites (tertiary alicyclic amines) is 1. The maximum Gasteiger partial charge on any atom is 0.317 e. The van der Waals surface area contributed by atoms with Gasteiger partial charge < -0.3 is 15.3 Å². The lowest BCUT2D eigenvalue weighted by atomic mass is 10.0. The number of aliphatic carboxylic acids is 1. The molecule has 2 aliphatic rings. The van der Waals surface area contributed by atoms with E-state index in [4.69, 9.17) is 5.11 Å². The second kappa shape index (κ2) is 3.96. The lowest BCUT2D eigenvalue weighted by Crippen LogP contribution is -2.56. The normalized spacial score (nSPS) is 22.4. The largest absolute Gasteiger partial charge is 0.481 e. The van der Waals surface area contributed by atoms with E-state index in [0.717, 1.165) is 13.0 Å². The predicted octanol–water partition coefficient (Wildman–Crippen LogP) is 0.903. The Balaban J connectivity index is 1.68. The highest BCUT2D eigenvalue weighted by Crippen LogP contribution is 2.47. The molecule has 1 aliphatic heterocycles. The van der Waals surface area contributed by atoms with Crippen LogP contribution in [0.4, 0.5) is 4.79 Å². The van der Waals surface area contributed by atoms with Gasteiger partial charge >= 0.3 is 12.0 Å². The highest BCUT2D eigenvalue weighted by Gasteiger charge is 2.42. The number of urea groups is 1. The fraction of sp³-hybridized carbons (Fsp3) is 0.818. The van der Waals surface area contributed by atoms with Gasteiger partial charge in [-0.2, -0.15) is 0 Å². The predicted molar refractivity (Wildman–Crippen MR) is 58.1 cm³/mol. The van der Waals surface area contributed by atoms with Crippen LogP contribution in [0.2, 0.25) is 0 Å². The second-order valence-corrected chi connectivity index (χ2v) is 4.95. The fourth-order valence-electron chi connectivity index (χ4n) is 2.01. The van der Waals surface area contributed by atoms with E-state index in [2.05, 4.69) is 12.2 Å². The molecule has 0 radical (unpaired) electrons. The van der Waals surface area contributed by atoms with Crippen LogP contribution in [-0.2, 0) is 4.79 Å². The molecular weight excluding hydrogens is 208 g/mol. The third-order valence-corrected chi connectivity index (χ3v) is 3.84. The first-order chi connectivity index (χ1) is 7.56. The molecule has 0 aromatic heterocycles. The maximum absolute atomic E-state index is 11.6. The summed E-state index contributed by atoms with van der Waals surface area (Å²) in [6.07, 6.45) is 3.49. The summed E-state index contributed by atoms with van der Waals surface area (Å²) in [6, 6.07) is -0.114. The van der Waals surface area contributed by atoms with Crippen molar-refractivity contribution in [1.82, 2.24) is 10.2 Å². The molecule has 2 rings (SSSR count). The highest BCUT2D eigenvalue weighted by atomic mass is 16.4. The molecule has 0 aromatic carbocycles. The van der Waals surface area contributed by atoms with Crippen molar-refractivity contribution in [2.45, 2.75) is 26.2 Å². The smallest absolute Gasteiger partial charge is 0.317 e. The summed E-state index contributed by atoms with van der Waals surface area (Å²) in [5.41, 5.74) is 0.340. The molecule has 5 nitrogen and oxygen atoms in total. The Labute approximate surface area is 94.8 Å². The molecule has 2 amide bonds. The molecule has 1 saturated heterocycles. The van der Waals surface area contributed by atoms with Gasteiger partial charge in [0.2, 0.25) is 0 Å². The number of nitrogens with one attached hydrogen (secondary N) is 1. The number of hydrogen-bond donors (Lipinski definition) is 2. The van der Waals surface area contributed by atoms with E-state index in [1.807, 2.05) is 0 Å². The SMILES string of the molecule is CCC1(CNC(=O)N2CC(C(=O)O)C2)CC1. The van der Waals surface area contributed by atoms with E-state index in [1.165, 1.54) is 12.8 Å². The first-order valence-electron chi connectivity index (χ1n) is 5.82. The summed E-state index contributed by atoms with van der Waals surface area (Å²) in [4.78, 5) is 23.7. The van der Waals surface area contributed by atoms with E-state index < -0.39 is 5.97 Å². The van der Waals surface area contributed by atoms with Gasteiger partial charge in [0, 0.05) is 19.6 Å². The van der Waals surface area contributed by atoms with E-state index in [9.17, 15) is 9.59 Å². The zero-order chi connectivity index (χ0) is 11.8. The molecule has 0 aromatic rings. The van der Waals surface area contributed by atoms with Gasteiger partial charge in [0.05, 0.1) is 5.92 Å². The second-order valence-electron chi connectivity index (χ2n) is 4.95. The van der Waals surface area contributed by atoms with Crippen molar-refractivity contribution in [2.24, 2.45) is 11.3 Å². The van der Waals surface area contributed by atoms with Crippen LogP contribution in [0.5, 0.6) is 0 Å². The van der Waals surface area contributed by atoms with Crippen molar-refractivity contribution in [1.29, 1.82) is 0 Å². The van der Waals surface area contributed by atoms with Crippen LogP contribution in [0.15, 0.2) is 0 Å². The molecule has 90 valence electrons. The summed E-state index contributed by atoms with van der Waals surface area (Å²) in [6.45, 7) is 3.57. The lowest BCUT2D eigenvalue weighted by molar-refractivity contribution is -0.146. The van der Waals surface area contributed by atoms with Crippen LogP contribution >= 0.6 is 0 Å². The van der Waals surface area contributed by atoms with Gasteiger partial charge in [-0.3, -0.25) is 4.79 Å². The van der Waals surface area contributed by atoms with Crippen LogP contribution in [0, 0.1) is 11.3 Å². The quantitative estimate of drug-likeness (QED) is 0.748. The minimum atomic E-state index is -0.809.